The van der Waals surface area contributed by atoms with Gasteiger partial charge in [-0.3, -0.25) is 0 Å². The van der Waals surface area contributed by atoms with Crippen LogP contribution in [0.5, 0.6) is 0 Å². The minimum atomic E-state index is 0. The van der Waals surface area contributed by atoms with Crippen molar-refractivity contribution in [2.24, 2.45) is 0 Å². The first-order valence-corrected chi connectivity index (χ1v) is 6.40. The van der Waals surface area contributed by atoms with Crippen LogP contribution in [0, 0.1) is 0 Å². The monoisotopic (exact) mass is 243 g/mol. The molecule has 0 fully saturated rings. The number of aromatic nitrogens is 1. The minimum absolute atomic E-state index is 0. The number of hydrogen-bond donors (Lipinski definition) is 1. The Hall–Kier alpha value is -1.76. The Labute approximate surface area is 111 Å². The quantitative estimate of drug-likeness (QED) is 0.497. The summed E-state index contributed by atoms with van der Waals surface area (Å²) >= 11 is 0. The van der Waals surface area contributed by atoms with Gasteiger partial charge in [-0.15, -0.1) is 0 Å². The molecule has 0 amide bonds. The molecular weight excluding hydrogens is 218 g/mol. The summed E-state index contributed by atoms with van der Waals surface area (Å²) < 4.78 is 0. The molecule has 3 rings (SSSR count). The first-order chi connectivity index (χ1) is 8.45. The highest BCUT2D eigenvalue weighted by molar-refractivity contribution is 6.06. The fourth-order valence-corrected chi connectivity index (χ4v) is 1.80. The lowest BCUT2D eigenvalue weighted by atomic mass is 10.2. The molecule has 1 heteroatoms. The molecule has 18 heavy (non-hydrogen) atoms. The number of aromatic amines is 1. The second-order valence-corrected chi connectivity index (χ2v) is 3.22. The number of rotatable bonds is 0. The Bertz CT molecular complexity index is 513. The largest absolute Gasteiger partial charge is 0.355 e. The second-order valence-electron chi connectivity index (χ2n) is 3.22. The maximum atomic E-state index is 3.38. The SMILES string of the molecule is C.CC.CC.c1ccc2c(c1)[nH]c1ccccc12. The summed E-state index contributed by atoms with van der Waals surface area (Å²) in [6.07, 6.45) is 0. The second kappa shape index (κ2) is 8.35. The van der Waals surface area contributed by atoms with Crippen molar-refractivity contribution in [2.75, 3.05) is 0 Å². The van der Waals surface area contributed by atoms with Crippen LogP contribution >= 0.6 is 0 Å². The van der Waals surface area contributed by atoms with Gasteiger partial charge in [-0.2, -0.15) is 0 Å². The van der Waals surface area contributed by atoms with E-state index in [-0.39, 0.29) is 7.43 Å². The van der Waals surface area contributed by atoms with Crippen LogP contribution in [0.25, 0.3) is 21.8 Å². The van der Waals surface area contributed by atoms with Gasteiger partial charge in [-0.1, -0.05) is 71.5 Å². The molecule has 0 radical (unpaired) electrons. The van der Waals surface area contributed by atoms with Crippen LogP contribution in [0.1, 0.15) is 35.1 Å². The van der Waals surface area contributed by atoms with Crippen LogP contribution in [-0.2, 0) is 0 Å². The van der Waals surface area contributed by atoms with E-state index in [2.05, 4.69) is 53.5 Å². The highest BCUT2D eigenvalue weighted by Crippen LogP contribution is 2.24. The summed E-state index contributed by atoms with van der Waals surface area (Å²) in [5, 5.41) is 2.61. The van der Waals surface area contributed by atoms with Crippen molar-refractivity contribution in [1.29, 1.82) is 0 Å². The Morgan fingerprint density at radius 1 is 0.611 bits per heavy atom. The molecule has 2 aromatic carbocycles. The van der Waals surface area contributed by atoms with Crippen molar-refractivity contribution in [2.45, 2.75) is 35.1 Å². The predicted molar refractivity (Wildman–Crippen MR) is 85.2 cm³/mol. The van der Waals surface area contributed by atoms with E-state index in [9.17, 15) is 0 Å². The minimum Gasteiger partial charge on any atom is -0.355 e. The van der Waals surface area contributed by atoms with E-state index < -0.39 is 0 Å². The molecule has 0 unspecified atom stereocenters. The molecule has 0 aliphatic heterocycles. The Balaban J connectivity index is 0.000000531. The van der Waals surface area contributed by atoms with E-state index in [1.54, 1.807) is 0 Å². The number of H-pyrrole nitrogens is 1. The number of nitrogens with one attached hydrogen (secondary N) is 1. The average Bonchev–Trinajstić information content (AvgIpc) is 2.82. The van der Waals surface area contributed by atoms with Gasteiger partial charge in [-0.05, 0) is 12.1 Å². The predicted octanol–water partition coefficient (Wildman–Crippen LogP) is 6.01. The third kappa shape index (κ3) is 3.13. The molecule has 0 aliphatic carbocycles. The summed E-state index contributed by atoms with van der Waals surface area (Å²) in [4.78, 5) is 3.38. The number of hydrogen-bond acceptors (Lipinski definition) is 0. The third-order valence-corrected chi connectivity index (χ3v) is 2.41. The first kappa shape index (κ1) is 16.2. The molecule has 0 saturated carbocycles. The molecule has 0 spiro atoms. The number of fused-ring (bicyclic) bond motifs is 3. The summed E-state index contributed by atoms with van der Waals surface area (Å²) in [6, 6.07) is 16.8. The molecule has 1 heterocycles. The highest BCUT2D eigenvalue weighted by Gasteiger charge is 2.00. The number of benzene rings is 2. The summed E-state index contributed by atoms with van der Waals surface area (Å²) in [5.41, 5.74) is 2.42. The summed E-state index contributed by atoms with van der Waals surface area (Å²) in [7, 11) is 0. The van der Waals surface area contributed by atoms with Crippen molar-refractivity contribution in [3.63, 3.8) is 0 Å². The zero-order valence-electron chi connectivity index (χ0n) is 11.1. The Kier molecular flexibility index (Phi) is 7.53. The Morgan fingerprint density at radius 2 is 0.944 bits per heavy atom. The van der Waals surface area contributed by atoms with Crippen molar-refractivity contribution in [3.8, 4) is 0 Å². The lowest BCUT2D eigenvalue weighted by molar-refractivity contribution is 1.50. The van der Waals surface area contributed by atoms with Gasteiger partial charge in [0.15, 0.2) is 0 Å². The van der Waals surface area contributed by atoms with E-state index in [0.29, 0.717) is 0 Å². The van der Waals surface area contributed by atoms with Gasteiger partial charge in [0.25, 0.3) is 0 Å². The molecule has 0 saturated heterocycles. The zero-order chi connectivity index (χ0) is 12.7. The average molecular weight is 243 g/mol. The van der Waals surface area contributed by atoms with Crippen LogP contribution in [0.15, 0.2) is 48.5 Å². The zero-order valence-corrected chi connectivity index (χ0v) is 11.1. The fourth-order valence-electron chi connectivity index (χ4n) is 1.80. The molecule has 1 aromatic heterocycles. The molecule has 0 atom stereocenters. The van der Waals surface area contributed by atoms with Crippen LogP contribution in [0.3, 0.4) is 0 Å². The smallest absolute Gasteiger partial charge is 0.0464 e. The standard InChI is InChI=1S/C12H9N.2C2H6.CH4/c1-3-7-11-9(5-1)10-6-2-4-8-12(10)13-11;2*1-2;/h1-8,13H;2*1-2H3;1H4. The van der Waals surface area contributed by atoms with Crippen molar-refractivity contribution in [1.82, 2.24) is 4.98 Å². The summed E-state index contributed by atoms with van der Waals surface area (Å²) in [5.74, 6) is 0. The fraction of sp³-hybridized carbons (Fsp3) is 0.294. The van der Waals surface area contributed by atoms with Gasteiger partial charge in [0.2, 0.25) is 0 Å². The van der Waals surface area contributed by atoms with Gasteiger partial charge >= 0.3 is 0 Å². The Morgan fingerprint density at radius 3 is 1.33 bits per heavy atom. The molecule has 1 nitrogen and oxygen atoms in total. The molecule has 0 aliphatic rings. The van der Waals surface area contributed by atoms with Crippen LogP contribution in [0.4, 0.5) is 0 Å². The molecule has 98 valence electrons. The van der Waals surface area contributed by atoms with E-state index in [0.717, 1.165) is 0 Å². The molecule has 1 N–H and O–H groups in total. The van der Waals surface area contributed by atoms with Crippen molar-refractivity contribution in [3.05, 3.63) is 48.5 Å². The van der Waals surface area contributed by atoms with E-state index >= 15 is 0 Å². The van der Waals surface area contributed by atoms with E-state index in [1.807, 2.05) is 27.7 Å². The van der Waals surface area contributed by atoms with Gasteiger partial charge in [0, 0.05) is 21.8 Å². The number of para-hydroxylation sites is 2. The first-order valence-electron chi connectivity index (χ1n) is 6.40. The van der Waals surface area contributed by atoms with Crippen molar-refractivity contribution < 1.29 is 0 Å². The normalized spacial score (nSPS) is 8.67. The topological polar surface area (TPSA) is 15.8 Å². The van der Waals surface area contributed by atoms with E-state index in [4.69, 9.17) is 0 Å². The van der Waals surface area contributed by atoms with Gasteiger partial charge in [0.05, 0.1) is 0 Å². The third-order valence-electron chi connectivity index (χ3n) is 2.41. The summed E-state index contributed by atoms with van der Waals surface area (Å²) in [6.45, 7) is 8.00. The van der Waals surface area contributed by atoms with Crippen LogP contribution < -0.4 is 0 Å². The van der Waals surface area contributed by atoms with E-state index in [1.165, 1.54) is 21.8 Å². The van der Waals surface area contributed by atoms with Gasteiger partial charge in [-0.25, -0.2) is 0 Å². The maximum Gasteiger partial charge on any atom is 0.0464 e. The lowest BCUT2D eigenvalue weighted by Crippen LogP contribution is -1.62. The lowest BCUT2D eigenvalue weighted by Gasteiger charge is -1.87. The van der Waals surface area contributed by atoms with Crippen molar-refractivity contribution >= 4 is 21.8 Å². The molecule has 3 aromatic rings. The maximum absolute atomic E-state index is 3.38. The van der Waals surface area contributed by atoms with Gasteiger partial charge < -0.3 is 4.98 Å². The molecular formula is C17H25N. The highest BCUT2D eigenvalue weighted by atomic mass is 14.7. The van der Waals surface area contributed by atoms with Gasteiger partial charge in [0.1, 0.15) is 0 Å². The van der Waals surface area contributed by atoms with Crippen LogP contribution in [0.2, 0.25) is 0 Å². The molecule has 0 bridgehead atoms. The van der Waals surface area contributed by atoms with Crippen LogP contribution in [-0.4, -0.2) is 4.98 Å².